The zero-order valence-corrected chi connectivity index (χ0v) is 87.8. The van der Waals surface area contributed by atoms with Crippen LogP contribution in [0.4, 0.5) is 52.7 Å². The Bertz CT molecular complexity index is 4130. The normalized spacial score (nSPS) is 44.2. The molecule has 0 aromatic carbocycles. The number of alkyl halides is 12. The molecule has 0 aliphatic heterocycles. The van der Waals surface area contributed by atoms with Gasteiger partial charge in [-0.25, -0.2) is 41.9 Å². The van der Waals surface area contributed by atoms with E-state index in [9.17, 15) is 86.2 Å². The van der Waals surface area contributed by atoms with Gasteiger partial charge in [-0.1, -0.05) is 40.5 Å². The van der Waals surface area contributed by atoms with Gasteiger partial charge in [-0.15, -0.1) is 0 Å². The van der Waals surface area contributed by atoms with E-state index in [1.807, 2.05) is 0 Å². The van der Waals surface area contributed by atoms with Gasteiger partial charge in [0.15, 0.2) is 5.41 Å². The summed E-state index contributed by atoms with van der Waals surface area (Å²) in [5.74, 6) is 0.677. The molecule has 0 aromatic heterocycles. The molecule has 29 rings (SSSR count). The highest BCUT2D eigenvalue weighted by atomic mass is 19.4. The molecule has 0 aromatic rings. The number of ether oxygens (including phenoxy) is 7. The molecule has 29 saturated carbocycles. The molecule has 0 radical (unpaired) electrons. The van der Waals surface area contributed by atoms with Crippen LogP contribution in [0.25, 0.3) is 0 Å². The Morgan fingerprint density at radius 3 is 0.837 bits per heavy atom. The van der Waals surface area contributed by atoms with Crippen LogP contribution < -0.4 is 0 Å². The van der Waals surface area contributed by atoms with Crippen molar-refractivity contribution in [2.24, 2.45) is 196 Å². The van der Waals surface area contributed by atoms with Gasteiger partial charge >= 0.3 is 65.7 Å². The topological polar surface area (TPSA) is 184 Å². The second-order valence-electron chi connectivity index (χ2n) is 57.8. The van der Waals surface area contributed by atoms with Gasteiger partial charge in [0, 0.05) is 53.3 Å². The number of rotatable bonds is 22. The molecule has 29 aliphatic carbocycles. The molecule has 29 fully saturated rings. The van der Waals surface area contributed by atoms with Crippen LogP contribution in [-0.2, 0) is 66.7 Å². The fourth-order valence-corrected chi connectivity index (χ4v) is 40.2. The summed E-state index contributed by atoms with van der Waals surface area (Å²) < 4.78 is 193. The van der Waals surface area contributed by atoms with E-state index >= 15 is 0 Å². The molecule has 141 heavy (non-hydrogen) atoms. The number of halogens is 12. The molecule has 800 valence electrons. The summed E-state index contributed by atoms with van der Waals surface area (Å²) in [7, 11) is 0. The van der Waals surface area contributed by atoms with E-state index in [0.29, 0.717) is 75.6 Å². The van der Waals surface area contributed by atoms with E-state index in [4.69, 9.17) is 33.2 Å². The average Bonchev–Trinajstić information content (AvgIpc) is 0.804. The summed E-state index contributed by atoms with van der Waals surface area (Å²) in [4.78, 5) is 80.8. The predicted octanol–water partition coefficient (Wildman–Crippen LogP) is 28.5. The molecule has 0 spiro atoms. The lowest BCUT2D eigenvalue weighted by Gasteiger charge is -2.68. The number of fused-ring (bicyclic) bond motifs is 9. The number of hydrogen-bond donors (Lipinski definition) is 0. The van der Waals surface area contributed by atoms with E-state index in [-0.39, 0.29) is 75.2 Å². The predicted molar refractivity (Wildman–Crippen MR) is 509 cm³/mol. The van der Waals surface area contributed by atoms with Crippen LogP contribution in [0.1, 0.15) is 393 Å². The zero-order chi connectivity index (χ0) is 102. The Morgan fingerprint density at radius 1 is 0.262 bits per heavy atom. The number of esters is 7. The highest BCUT2D eigenvalue weighted by Gasteiger charge is 2.68. The van der Waals surface area contributed by atoms with Crippen LogP contribution in [0.2, 0.25) is 0 Å². The third kappa shape index (κ3) is 23.8. The van der Waals surface area contributed by atoms with Crippen LogP contribution in [0.3, 0.4) is 0 Å². The number of carbonyl (C=O) groups is 7. The Morgan fingerprint density at radius 2 is 0.532 bits per heavy atom. The van der Waals surface area contributed by atoms with Crippen molar-refractivity contribution in [3.8, 4) is 0 Å². The first-order valence-electron chi connectivity index (χ1n) is 55.7. The van der Waals surface area contributed by atoms with Crippen LogP contribution in [0.5, 0.6) is 0 Å². The molecule has 26 heteroatoms. The van der Waals surface area contributed by atoms with Gasteiger partial charge in [-0.05, 0) is 489 Å². The lowest BCUT2D eigenvalue weighted by molar-refractivity contribution is -0.228. The van der Waals surface area contributed by atoms with Crippen molar-refractivity contribution in [2.45, 2.75) is 434 Å². The minimum atomic E-state index is -4.56. The summed E-state index contributed by atoms with van der Waals surface area (Å²) in [5.41, 5.74) is -6.33. The van der Waals surface area contributed by atoms with Crippen LogP contribution in [0, 0.1) is 196 Å². The van der Waals surface area contributed by atoms with Crippen LogP contribution in [-0.4, -0.2) is 129 Å². The van der Waals surface area contributed by atoms with Crippen molar-refractivity contribution in [3.63, 3.8) is 0 Å². The number of carbonyl (C=O) groups excluding carboxylic acids is 7. The fraction of sp³-hybridized carbons (Fsp3) is 0.939. The molecule has 9 atom stereocenters. The van der Waals surface area contributed by atoms with Gasteiger partial charge < -0.3 is 33.2 Å². The standard InChI is InChI=1S/C21H32F2O2.C17H26F2O2.C16H23F3O2.C16H22F2O2.3C15H23FO2/c1-14-3-5-17(6-4-14)21-10-15-7-16(11-21)9-20(8-15,12-21)13-25-18(24)19(2,22)23;1-13-5-14(2)7-15(3,6-13)10-17(8-13,9-14)11-21-12(20)16(4,18)19;1-14(2,16(17,18)19)13(20)21-9-15-6-10-3-11(7-15)5-12(4-10)8-15;1-16(17,18)15(19)20-7-11-5-10-6-12(11)14-9-3-2-8(4-9)13(10)14;3*1-14(2,16)13(17)18-9-15-6-10-3-11(7-15)5-12(4-10)8-15/h14-17H,3-13H2,1-2H3;5-11H2,1-4H3;10-12H,3-9H2,1-2H3;8-14H,2-7H2,1H3;3*10-12H,3-9H2,1-2H3. The van der Waals surface area contributed by atoms with Crippen molar-refractivity contribution in [2.75, 3.05) is 46.2 Å². The highest BCUT2D eigenvalue weighted by molar-refractivity contribution is 5.80. The zero-order valence-electron chi connectivity index (χ0n) is 87.8. The van der Waals surface area contributed by atoms with E-state index in [1.165, 1.54) is 266 Å². The third-order valence-electron chi connectivity index (χ3n) is 41.8. The van der Waals surface area contributed by atoms with Crippen molar-refractivity contribution in [3.05, 3.63) is 0 Å². The van der Waals surface area contributed by atoms with Gasteiger partial charge in [0.05, 0.1) is 46.2 Å². The maximum absolute atomic E-state index is 13.5. The van der Waals surface area contributed by atoms with Gasteiger partial charge in [0.2, 0.25) is 17.0 Å². The molecule has 0 amide bonds. The lowest BCUT2D eigenvalue weighted by Crippen LogP contribution is -2.60. The first-order chi connectivity index (χ1) is 65.2. The van der Waals surface area contributed by atoms with Gasteiger partial charge in [-0.3, -0.25) is 4.79 Å². The summed E-state index contributed by atoms with van der Waals surface area (Å²) in [6, 6.07) is 0. The number of hydrogen-bond acceptors (Lipinski definition) is 14. The maximum atomic E-state index is 13.5. The Labute approximate surface area is 832 Å². The summed E-state index contributed by atoms with van der Waals surface area (Å²) in [6.45, 7) is 22.7. The van der Waals surface area contributed by atoms with Crippen molar-refractivity contribution in [1.82, 2.24) is 0 Å². The first kappa shape index (κ1) is 108. The summed E-state index contributed by atoms with van der Waals surface area (Å²) in [6.07, 6.45) is 51.3. The SMILES string of the molecule is CC(C)(C(=O)OCC12CC3CC(CC(C3)C1)C2)C(F)(F)F.CC(C)(F)C(=O)OCC12CC3CC(CC(C3)C1)C2.CC(C)(F)C(=O)OCC12CC3CC(CC(C3)C1)C2.CC(C)(F)C(=O)OCC12CC3CC(CC(C3)C1)C2.CC(F)(F)C(=O)OCC1CC2CC1C1C3CCC(C3)C21.CC12CC3(C)CC(C)(C1)CC(COC(=O)C(C)(F)F)(C2)C3.CC1CCC(C23CC4CC(CC(COC(=O)C(C)(F)F)(C4)C2)C3)CC1. The minimum Gasteiger partial charge on any atom is -0.464 e. The highest BCUT2D eigenvalue weighted by Crippen LogP contribution is 2.76. The molecule has 9 unspecified atom stereocenters. The van der Waals surface area contributed by atoms with E-state index in [1.54, 1.807) is 0 Å². The molecule has 0 heterocycles. The fourth-order valence-electron chi connectivity index (χ4n) is 40.2. The van der Waals surface area contributed by atoms with E-state index in [2.05, 4.69) is 27.7 Å². The molecule has 28 bridgehead atoms. The molecule has 14 nitrogen and oxygen atoms in total. The quantitative estimate of drug-likeness (QED) is 0.0431. The van der Waals surface area contributed by atoms with Crippen LogP contribution in [0.15, 0.2) is 0 Å². The van der Waals surface area contributed by atoms with E-state index in [0.717, 1.165) is 185 Å². The second-order valence-corrected chi connectivity index (χ2v) is 57.8. The molecule has 0 N–H and O–H groups in total. The van der Waals surface area contributed by atoms with Gasteiger partial charge in [0.25, 0.3) is 0 Å². The first-order valence-corrected chi connectivity index (χ1v) is 55.7. The maximum Gasteiger partial charge on any atom is 0.404 e. The average molecular weight is 2010 g/mol. The van der Waals surface area contributed by atoms with Crippen molar-refractivity contribution in [1.29, 1.82) is 0 Å². The second kappa shape index (κ2) is 38.4. The Balaban J connectivity index is 0.000000114. The van der Waals surface area contributed by atoms with Gasteiger partial charge in [0.1, 0.15) is 0 Å². The lowest BCUT2D eigenvalue weighted by atomic mass is 9.36. The minimum absolute atomic E-state index is 0.0198. The molecule has 0 saturated heterocycles. The molecular weight excluding hydrogens is 1830 g/mol. The Kier molecular flexibility index (Phi) is 29.3. The smallest absolute Gasteiger partial charge is 0.404 e. The van der Waals surface area contributed by atoms with Crippen LogP contribution >= 0.6 is 0 Å². The molecular formula is C115H172F12O14. The Hall–Kier alpha value is -4.55. The van der Waals surface area contributed by atoms with Crippen molar-refractivity contribution >= 4 is 41.8 Å². The molecule has 29 aliphatic rings. The van der Waals surface area contributed by atoms with E-state index < -0.39 is 88.2 Å². The monoisotopic (exact) mass is 2010 g/mol. The van der Waals surface area contributed by atoms with Gasteiger partial charge in [-0.2, -0.15) is 39.5 Å². The largest absolute Gasteiger partial charge is 0.464 e. The third-order valence-corrected chi connectivity index (χ3v) is 41.8. The summed E-state index contributed by atoms with van der Waals surface area (Å²) >= 11 is 0. The van der Waals surface area contributed by atoms with Crippen molar-refractivity contribution < 1.29 is 119 Å². The summed E-state index contributed by atoms with van der Waals surface area (Å²) in [5, 5.41) is 0.